The molecule has 0 saturated heterocycles. The van der Waals surface area contributed by atoms with Crippen LogP contribution in [0.15, 0.2) is 34.9 Å². The second-order valence-electron chi connectivity index (χ2n) is 4.61. The summed E-state index contributed by atoms with van der Waals surface area (Å²) in [5, 5.41) is 14.6. The first-order chi connectivity index (χ1) is 9.78. The van der Waals surface area contributed by atoms with Crippen LogP contribution in [0.25, 0.3) is 11.0 Å². The van der Waals surface area contributed by atoms with Crippen LogP contribution in [0.2, 0.25) is 0 Å². The first kappa shape index (κ1) is 12.8. The zero-order valence-corrected chi connectivity index (χ0v) is 11.1. The third-order valence-corrected chi connectivity index (χ3v) is 3.11. The molecule has 5 nitrogen and oxygen atoms in total. The van der Waals surface area contributed by atoms with Crippen LogP contribution in [-0.4, -0.2) is 22.0 Å². The monoisotopic (exact) mass is 274 g/mol. The molecule has 0 spiro atoms. The predicted octanol–water partition coefficient (Wildman–Crippen LogP) is 2.78. The van der Waals surface area contributed by atoms with Gasteiger partial charge in [-0.25, -0.2) is 4.39 Å². The van der Waals surface area contributed by atoms with Crippen molar-refractivity contribution in [1.29, 1.82) is 0 Å². The predicted molar refractivity (Wildman–Crippen MR) is 72.7 cm³/mol. The number of aromatic amines is 1. The Balaban J connectivity index is 1.99. The number of nitrogens with zero attached hydrogens (tertiary/aromatic N) is 2. The number of nitrogens with one attached hydrogen (secondary N) is 2. The number of furan rings is 1. The topological polar surface area (TPSA) is 66.7 Å². The molecule has 104 valence electrons. The summed E-state index contributed by atoms with van der Waals surface area (Å²) in [6.45, 7) is 2.91. The van der Waals surface area contributed by atoms with E-state index in [1.54, 1.807) is 12.3 Å². The van der Waals surface area contributed by atoms with Gasteiger partial charge in [-0.1, -0.05) is 6.92 Å². The molecule has 2 aromatic heterocycles. The van der Waals surface area contributed by atoms with Crippen LogP contribution in [0.1, 0.15) is 30.8 Å². The maximum atomic E-state index is 13.2. The minimum atomic E-state index is -0.274. The smallest absolute Gasteiger partial charge is 0.134 e. The van der Waals surface area contributed by atoms with Crippen LogP contribution in [0.4, 0.5) is 4.39 Å². The van der Waals surface area contributed by atoms with Gasteiger partial charge in [0, 0.05) is 5.39 Å². The van der Waals surface area contributed by atoms with E-state index in [1.807, 2.05) is 6.07 Å². The van der Waals surface area contributed by atoms with Crippen LogP contribution in [0.3, 0.4) is 0 Å². The van der Waals surface area contributed by atoms with Crippen molar-refractivity contribution in [3.05, 3.63) is 47.7 Å². The molecule has 20 heavy (non-hydrogen) atoms. The summed E-state index contributed by atoms with van der Waals surface area (Å²) in [5.41, 5.74) is 1.41. The van der Waals surface area contributed by atoms with Crippen molar-refractivity contribution in [2.45, 2.75) is 19.4 Å². The lowest BCUT2D eigenvalue weighted by Crippen LogP contribution is -2.23. The molecule has 3 aromatic rings. The second kappa shape index (κ2) is 5.42. The summed E-state index contributed by atoms with van der Waals surface area (Å²) in [4.78, 5) is 0. The highest BCUT2D eigenvalue weighted by atomic mass is 19.1. The molecule has 0 radical (unpaired) electrons. The summed E-state index contributed by atoms with van der Waals surface area (Å²) in [7, 11) is 0. The largest absolute Gasteiger partial charge is 0.459 e. The van der Waals surface area contributed by atoms with Crippen molar-refractivity contribution < 1.29 is 8.81 Å². The van der Waals surface area contributed by atoms with Gasteiger partial charge in [-0.3, -0.25) is 0 Å². The molecule has 0 amide bonds. The number of benzene rings is 1. The highest BCUT2D eigenvalue weighted by molar-refractivity contribution is 5.78. The minimum Gasteiger partial charge on any atom is -0.459 e. The van der Waals surface area contributed by atoms with Gasteiger partial charge < -0.3 is 9.73 Å². The van der Waals surface area contributed by atoms with E-state index in [2.05, 4.69) is 27.7 Å². The van der Waals surface area contributed by atoms with E-state index < -0.39 is 0 Å². The van der Waals surface area contributed by atoms with Gasteiger partial charge in [0.25, 0.3) is 0 Å². The first-order valence-electron chi connectivity index (χ1n) is 6.56. The Morgan fingerprint density at radius 1 is 1.40 bits per heavy atom. The summed E-state index contributed by atoms with van der Waals surface area (Å²) >= 11 is 0. The maximum Gasteiger partial charge on any atom is 0.134 e. The molecule has 6 heteroatoms. The van der Waals surface area contributed by atoms with E-state index >= 15 is 0 Å². The molecule has 1 aromatic carbocycles. The van der Waals surface area contributed by atoms with Crippen molar-refractivity contribution in [3.8, 4) is 0 Å². The summed E-state index contributed by atoms with van der Waals surface area (Å²) < 4.78 is 19.0. The Hall–Kier alpha value is -2.21. The molecule has 0 bridgehead atoms. The number of hydrogen-bond donors (Lipinski definition) is 2. The summed E-state index contributed by atoms with van der Waals surface area (Å²) in [6.07, 6.45) is 2.64. The van der Waals surface area contributed by atoms with E-state index in [1.165, 1.54) is 12.1 Å². The highest BCUT2D eigenvalue weighted by Gasteiger charge is 2.20. The Morgan fingerprint density at radius 3 is 3.05 bits per heavy atom. The van der Waals surface area contributed by atoms with E-state index in [0.29, 0.717) is 11.3 Å². The van der Waals surface area contributed by atoms with Gasteiger partial charge in [0.05, 0.1) is 6.20 Å². The van der Waals surface area contributed by atoms with E-state index in [-0.39, 0.29) is 11.9 Å². The maximum absolute atomic E-state index is 13.2. The Bertz CT molecular complexity index is 692. The Labute approximate surface area is 115 Å². The molecular weight excluding hydrogens is 259 g/mol. The van der Waals surface area contributed by atoms with Crippen LogP contribution < -0.4 is 5.32 Å². The van der Waals surface area contributed by atoms with Gasteiger partial charge in [0.1, 0.15) is 28.9 Å². The number of aromatic nitrogens is 3. The molecule has 3 rings (SSSR count). The number of rotatable bonds is 5. The summed E-state index contributed by atoms with van der Waals surface area (Å²) in [6, 6.07) is 6.13. The van der Waals surface area contributed by atoms with Crippen LogP contribution in [0, 0.1) is 5.82 Å². The lowest BCUT2D eigenvalue weighted by atomic mass is 10.1. The average molecular weight is 274 g/mol. The lowest BCUT2D eigenvalue weighted by Gasteiger charge is -2.12. The zero-order valence-electron chi connectivity index (χ0n) is 11.1. The molecule has 2 N–H and O–H groups in total. The lowest BCUT2D eigenvalue weighted by molar-refractivity contribution is 0.463. The van der Waals surface area contributed by atoms with Gasteiger partial charge in [0.15, 0.2) is 0 Å². The summed E-state index contributed by atoms with van der Waals surface area (Å²) in [5.74, 6) is 0.428. The Kier molecular flexibility index (Phi) is 3.47. The minimum absolute atomic E-state index is 0.191. The highest BCUT2D eigenvalue weighted by Crippen LogP contribution is 2.27. The van der Waals surface area contributed by atoms with Gasteiger partial charge in [-0.15, -0.1) is 0 Å². The third kappa shape index (κ3) is 2.42. The van der Waals surface area contributed by atoms with Crippen molar-refractivity contribution in [2.75, 3.05) is 6.54 Å². The van der Waals surface area contributed by atoms with E-state index in [9.17, 15) is 4.39 Å². The van der Waals surface area contributed by atoms with E-state index in [0.717, 1.165) is 24.0 Å². The zero-order chi connectivity index (χ0) is 13.9. The third-order valence-electron chi connectivity index (χ3n) is 3.11. The molecule has 0 aliphatic rings. The molecule has 0 aliphatic heterocycles. The molecule has 2 heterocycles. The molecular formula is C14H15FN4O. The van der Waals surface area contributed by atoms with Crippen LogP contribution in [0.5, 0.6) is 0 Å². The molecule has 0 aliphatic carbocycles. The van der Waals surface area contributed by atoms with Crippen LogP contribution in [-0.2, 0) is 0 Å². The van der Waals surface area contributed by atoms with Crippen molar-refractivity contribution >= 4 is 11.0 Å². The van der Waals surface area contributed by atoms with Gasteiger partial charge >= 0.3 is 0 Å². The van der Waals surface area contributed by atoms with Gasteiger partial charge in [0.2, 0.25) is 0 Å². The van der Waals surface area contributed by atoms with Crippen molar-refractivity contribution in [2.24, 2.45) is 0 Å². The fourth-order valence-electron chi connectivity index (χ4n) is 2.17. The molecule has 1 unspecified atom stereocenters. The fourth-order valence-corrected chi connectivity index (χ4v) is 2.17. The molecule has 0 saturated carbocycles. The average Bonchev–Trinajstić information content (AvgIpc) is 3.08. The number of H-pyrrole nitrogens is 1. The van der Waals surface area contributed by atoms with Crippen molar-refractivity contribution in [1.82, 2.24) is 20.7 Å². The van der Waals surface area contributed by atoms with Crippen molar-refractivity contribution in [3.63, 3.8) is 0 Å². The standard InChI is InChI=1S/C14H15FN4O/c1-2-5-16-14(11-8-17-19-18-11)13-7-9-6-10(15)3-4-12(9)20-13/h3-4,6-8,14,16H,2,5H2,1H3,(H,17,18,19). The quantitative estimate of drug-likeness (QED) is 0.750. The van der Waals surface area contributed by atoms with Crippen LogP contribution >= 0.6 is 0 Å². The number of fused-ring (bicyclic) bond motifs is 1. The second-order valence-corrected chi connectivity index (χ2v) is 4.61. The normalized spacial score (nSPS) is 12.9. The molecule has 1 atom stereocenters. The first-order valence-corrected chi connectivity index (χ1v) is 6.56. The number of halogens is 1. The van der Waals surface area contributed by atoms with Gasteiger partial charge in [-0.2, -0.15) is 15.4 Å². The Morgan fingerprint density at radius 2 is 2.30 bits per heavy atom. The number of hydrogen-bond acceptors (Lipinski definition) is 4. The van der Waals surface area contributed by atoms with Gasteiger partial charge in [-0.05, 0) is 37.2 Å². The molecule has 0 fully saturated rings. The SMILES string of the molecule is CCCNC(c1cn[nH]n1)c1cc2cc(F)ccc2o1. The fraction of sp³-hybridized carbons (Fsp3) is 0.286. The van der Waals surface area contributed by atoms with E-state index in [4.69, 9.17) is 4.42 Å².